The Hall–Kier alpha value is -4.87. The number of nitrogens with zero attached hydrogens (tertiary/aromatic N) is 6. The minimum Gasteiger partial charge on any atom is -0.377 e. The summed E-state index contributed by atoms with van der Waals surface area (Å²) in [5.74, 6) is -0.325. The Morgan fingerprint density at radius 3 is 2.33 bits per heavy atom. The second-order valence-corrected chi connectivity index (χ2v) is 10.2. The molecule has 0 radical (unpaired) electrons. The molecule has 0 saturated carbocycles. The van der Waals surface area contributed by atoms with Gasteiger partial charge in [-0.15, -0.1) is 0 Å². The summed E-state index contributed by atoms with van der Waals surface area (Å²) in [5, 5.41) is 8.76. The third kappa shape index (κ3) is 6.79. The number of aromatic nitrogens is 4. The van der Waals surface area contributed by atoms with Crippen molar-refractivity contribution in [2.45, 2.75) is 39.9 Å². The van der Waals surface area contributed by atoms with Gasteiger partial charge in [-0.3, -0.25) is 9.80 Å². The first-order chi connectivity index (χ1) is 20.2. The molecular weight excluding hydrogens is 562 g/mol. The molecule has 0 bridgehead atoms. The number of rotatable bonds is 5. The van der Waals surface area contributed by atoms with Crippen LogP contribution in [0, 0.1) is 19.7 Å². The molecule has 0 spiro atoms. The number of allylic oxidation sites excluding steroid dienone is 2. The second kappa shape index (κ2) is 12.2. The Balaban J connectivity index is 1.84. The average molecular weight is 594 g/mol. The highest BCUT2D eigenvalue weighted by Gasteiger charge is 2.36. The van der Waals surface area contributed by atoms with Crippen molar-refractivity contribution < 1.29 is 17.6 Å². The fourth-order valence-corrected chi connectivity index (χ4v) is 4.55. The molecule has 43 heavy (non-hydrogen) atoms. The van der Waals surface area contributed by atoms with Crippen LogP contribution in [-0.2, 0) is 13.2 Å². The van der Waals surface area contributed by atoms with Crippen LogP contribution in [0.3, 0.4) is 0 Å². The van der Waals surface area contributed by atoms with Crippen molar-refractivity contribution in [2.75, 3.05) is 12.4 Å². The van der Waals surface area contributed by atoms with Gasteiger partial charge in [0, 0.05) is 55.4 Å². The number of hydrazone groups is 1. The number of hydrogen-bond donors (Lipinski definition) is 1. The third-order valence-corrected chi connectivity index (χ3v) is 7.10. The summed E-state index contributed by atoms with van der Waals surface area (Å²) in [6, 6.07) is 6.90. The summed E-state index contributed by atoms with van der Waals surface area (Å²) in [5.41, 5.74) is 2.41. The van der Waals surface area contributed by atoms with Crippen molar-refractivity contribution >= 4 is 17.5 Å². The van der Waals surface area contributed by atoms with E-state index in [1.807, 2.05) is 6.92 Å². The van der Waals surface area contributed by atoms with Crippen LogP contribution in [0.15, 0.2) is 76.5 Å². The number of aryl methyl sites for hydroxylation is 2. The fourth-order valence-electron chi connectivity index (χ4n) is 4.55. The van der Waals surface area contributed by atoms with Gasteiger partial charge >= 0.3 is 6.18 Å². The van der Waals surface area contributed by atoms with Gasteiger partial charge in [-0.05, 0) is 74.7 Å². The Morgan fingerprint density at radius 1 is 1.00 bits per heavy atom. The fraction of sp³-hybridized carbons (Fsp3) is 0.258. The summed E-state index contributed by atoms with van der Waals surface area (Å²) in [6.45, 7) is 10.7. The van der Waals surface area contributed by atoms with E-state index in [9.17, 15) is 22.4 Å². The minimum absolute atomic E-state index is 0.212. The maximum absolute atomic E-state index is 14.9. The van der Waals surface area contributed by atoms with Crippen molar-refractivity contribution in [1.29, 1.82) is 0 Å². The number of pyridine rings is 1. The van der Waals surface area contributed by atoms with Crippen LogP contribution in [0.4, 0.5) is 23.2 Å². The standard InChI is InChI=1S/C31H31F4N7O/c1-17-12-27(22-14-36-30(37-15-22)25-16-38-42(7)21(5)19(25)3)41(6)28(43)11-9-23(32)13-24(17)20(4)40-26-10-8-18(2)39-29(26)31(33,34)35/h8-16,20,40H,5H2,1-4,6-7H3/t20-/m1/s1. The van der Waals surface area contributed by atoms with Gasteiger partial charge in [0.25, 0.3) is 5.56 Å². The van der Waals surface area contributed by atoms with Gasteiger partial charge < -0.3 is 9.88 Å². The van der Waals surface area contributed by atoms with Gasteiger partial charge in [-0.1, -0.05) is 6.58 Å². The summed E-state index contributed by atoms with van der Waals surface area (Å²) >= 11 is 0. The highest BCUT2D eigenvalue weighted by molar-refractivity contribution is 6.11. The molecule has 1 aliphatic heterocycles. The predicted molar refractivity (Wildman–Crippen MR) is 159 cm³/mol. The monoisotopic (exact) mass is 593 g/mol. The maximum atomic E-state index is 14.9. The molecule has 1 atom stereocenters. The highest BCUT2D eigenvalue weighted by Crippen LogP contribution is 2.35. The van der Waals surface area contributed by atoms with Gasteiger partial charge in [0.2, 0.25) is 0 Å². The molecule has 0 saturated heterocycles. The van der Waals surface area contributed by atoms with Crippen molar-refractivity contribution in [3.63, 3.8) is 0 Å². The van der Waals surface area contributed by atoms with Gasteiger partial charge in [-0.25, -0.2) is 19.3 Å². The topological polar surface area (TPSA) is 88.3 Å². The molecule has 0 amide bonds. The molecule has 0 fully saturated rings. The largest absolute Gasteiger partial charge is 0.435 e. The van der Waals surface area contributed by atoms with Crippen molar-refractivity contribution in [3.8, 4) is 11.3 Å². The Morgan fingerprint density at radius 2 is 1.67 bits per heavy atom. The Kier molecular flexibility index (Phi) is 8.79. The summed E-state index contributed by atoms with van der Waals surface area (Å²) in [7, 11) is 3.31. The molecule has 0 unspecified atom stereocenters. The first kappa shape index (κ1) is 31.1. The van der Waals surface area contributed by atoms with Gasteiger partial charge in [0.1, 0.15) is 5.82 Å². The van der Waals surface area contributed by atoms with E-state index < -0.39 is 29.3 Å². The number of likely N-dealkylation sites (N-methyl/N-ethyl adjacent to an activating group) is 1. The predicted octanol–water partition coefficient (Wildman–Crippen LogP) is 6.53. The summed E-state index contributed by atoms with van der Waals surface area (Å²) in [4.78, 5) is 25.6. The van der Waals surface area contributed by atoms with Gasteiger partial charge in [-0.2, -0.15) is 18.3 Å². The van der Waals surface area contributed by atoms with Crippen molar-refractivity contribution in [1.82, 2.24) is 24.5 Å². The average Bonchev–Trinajstić information content (AvgIpc) is 2.96. The van der Waals surface area contributed by atoms with Crippen LogP contribution >= 0.6 is 0 Å². The van der Waals surface area contributed by atoms with E-state index in [1.54, 1.807) is 50.6 Å². The van der Waals surface area contributed by atoms with Crippen LogP contribution in [0.1, 0.15) is 48.2 Å². The van der Waals surface area contributed by atoms with Gasteiger partial charge in [0.05, 0.1) is 23.3 Å². The van der Waals surface area contributed by atoms with Crippen LogP contribution in [-0.4, -0.2) is 37.8 Å². The smallest absolute Gasteiger partial charge is 0.377 e. The number of halogens is 4. The molecular formula is C31H31F4N7O. The molecule has 8 nitrogen and oxygen atoms in total. The minimum atomic E-state index is -4.69. The molecule has 1 N–H and O–H groups in total. The number of hydrogen-bond acceptors (Lipinski definition) is 7. The summed E-state index contributed by atoms with van der Waals surface area (Å²) in [6.07, 6.45) is 0.0636. The zero-order valence-electron chi connectivity index (χ0n) is 24.6. The molecule has 3 aromatic heterocycles. The molecule has 12 heteroatoms. The maximum Gasteiger partial charge on any atom is 0.435 e. The molecule has 3 aromatic rings. The number of anilines is 1. The van der Waals surface area contributed by atoms with E-state index in [0.717, 1.165) is 17.7 Å². The zero-order valence-corrected chi connectivity index (χ0v) is 24.6. The second-order valence-electron chi connectivity index (χ2n) is 10.2. The van der Waals surface area contributed by atoms with E-state index >= 15 is 0 Å². The van der Waals surface area contributed by atoms with Crippen LogP contribution < -0.4 is 10.9 Å². The molecule has 0 aromatic carbocycles. The zero-order chi connectivity index (χ0) is 31.6. The third-order valence-electron chi connectivity index (χ3n) is 7.10. The lowest BCUT2D eigenvalue weighted by Crippen LogP contribution is -2.18. The lowest BCUT2D eigenvalue weighted by atomic mass is 10.0. The first-order valence-corrected chi connectivity index (χ1v) is 13.2. The molecule has 224 valence electrons. The van der Waals surface area contributed by atoms with Gasteiger partial charge in [0.15, 0.2) is 11.5 Å². The Labute approximate surface area is 246 Å². The van der Waals surface area contributed by atoms with Crippen molar-refractivity contribution in [2.24, 2.45) is 12.1 Å². The van der Waals surface area contributed by atoms with Crippen molar-refractivity contribution in [3.05, 3.63) is 111 Å². The molecule has 1 aliphatic rings. The summed E-state index contributed by atoms with van der Waals surface area (Å²) < 4.78 is 57.4. The normalized spacial score (nSPS) is 14.1. The number of alkyl halides is 3. The van der Waals surface area contributed by atoms with E-state index in [2.05, 4.69) is 31.9 Å². The van der Waals surface area contributed by atoms with Crippen LogP contribution in [0.5, 0.6) is 0 Å². The first-order valence-electron chi connectivity index (χ1n) is 13.2. The van der Waals surface area contributed by atoms with E-state index in [4.69, 9.17) is 0 Å². The van der Waals surface area contributed by atoms with E-state index in [1.165, 1.54) is 36.7 Å². The lowest BCUT2D eigenvalue weighted by Gasteiger charge is -2.22. The van der Waals surface area contributed by atoms with Crippen LogP contribution in [0.25, 0.3) is 16.8 Å². The SMILES string of the molecule is C=C1C(C)=C(c2ncc(-c3cc(C)c([C@@H](C)Nc4ccc(C)nc4C(F)(F)F)cc(F)ccc(=O)n3C)cn2)C=NN1C. The van der Waals surface area contributed by atoms with Crippen LogP contribution in [0.2, 0.25) is 0 Å². The highest BCUT2D eigenvalue weighted by atomic mass is 19.4. The van der Waals surface area contributed by atoms with E-state index in [0.29, 0.717) is 39.5 Å². The molecule has 0 aliphatic carbocycles. The molecule has 4 heterocycles. The number of nitrogens with one attached hydrogen (secondary N) is 1. The Bertz CT molecular complexity index is 1760. The quantitative estimate of drug-likeness (QED) is 0.339. The van der Waals surface area contributed by atoms with E-state index in [-0.39, 0.29) is 11.4 Å². The lowest BCUT2D eigenvalue weighted by molar-refractivity contribution is -0.140. The molecule has 4 rings (SSSR count).